The first-order valence-electron chi connectivity index (χ1n) is 10.1. The van der Waals surface area contributed by atoms with Gasteiger partial charge in [0, 0.05) is 40.3 Å². The largest absolute Gasteiger partial charge is 0.379 e. The number of nitrogens with zero attached hydrogens (tertiary/aromatic N) is 3. The van der Waals surface area contributed by atoms with Crippen molar-refractivity contribution in [2.45, 2.75) is 18.8 Å². The zero-order valence-electron chi connectivity index (χ0n) is 17.6. The molecule has 0 saturated carbocycles. The van der Waals surface area contributed by atoms with Crippen molar-refractivity contribution in [2.75, 3.05) is 40.4 Å². The number of morpholine rings is 1. The molecule has 1 fully saturated rings. The second-order valence-corrected chi connectivity index (χ2v) is 9.25. The molecule has 1 aliphatic heterocycles. The fraction of sp³-hybridized carbons (Fsp3) is 0.409. The minimum absolute atomic E-state index is 0.0106. The van der Waals surface area contributed by atoms with Gasteiger partial charge in [-0.1, -0.05) is 54.6 Å². The Kier molecular flexibility index (Phi) is 7.84. The van der Waals surface area contributed by atoms with Crippen molar-refractivity contribution in [1.82, 2.24) is 14.5 Å². The molecule has 0 amide bonds. The molecule has 162 valence electrons. The third-order valence-corrected chi connectivity index (χ3v) is 6.92. The van der Waals surface area contributed by atoms with Crippen molar-refractivity contribution in [1.29, 1.82) is 0 Å². The summed E-state index contributed by atoms with van der Waals surface area (Å²) in [5.41, 5.74) is 2.95. The molecule has 3 rings (SSSR count). The van der Waals surface area contributed by atoms with Crippen LogP contribution >= 0.6 is 0 Å². The molecule has 0 atom stereocenters. The monoisotopic (exact) mass is 430 g/mol. The Morgan fingerprint density at radius 3 is 2.37 bits per heavy atom. The Bertz CT molecular complexity index is 942. The van der Waals surface area contributed by atoms with Crippen LogP contribution in [-0.2, 0) is 33.6 Å². The molecule has 8 heteroatoms. The van der Waals surface area contributed by atoms with E-state index in [2.05, 4.69) is 22.4 Å². The standard InChI is InChI=1S/C22H30N4O3S/c1-23-22(25(2)17-19-8-4-3-5-9-19)24-16-20-10-6-7-11-21(20)18-30(27,28)26-12-14-29-15-13-26/h3-11H,12-18H2,1-2H3,(H,23,24). The van der Waals surface area contributed by atoms with Crippen LogP contribution in [0.1, 0.15) is 16.7 Å². The molecule has 1 aliphatic rings. The van der Waals surface area contributed by atoms with Gasteiger partial charge in [0.05, 0.1) is 19.0 Å². The number of sulfonamides is 1. The van der Waals surface area contributed by atoms with E-state index in [1.54, 1.807) is 7.05 Å². The van der Waals surface area contributed by atoms with Crippen molar-refractivity contribution in [3.8, 4) is 0 Å². The van der Waals surface area contributed by atoms with Gasteiger partial charge in [-0.3, -0.25) is 4.99 Å². The van der Waals surface area contributed by atoms with Gasteiger partial charge in [0.1, 0.15) is 0 Å². The van der Waals surface area contributed by atoms with Crippen LogP contribution in [0.3, 0.4) is 0 Å². The topological polar surface area (TPSA) is 74.2 Å². The van der Waals surface area contributed by atoms with Crippen molar-refractivity contribution < 1.29 is 13.2 Å². The molecule has 7 nitrogen and oxygen atoms in total. The van der Waals surface area contributed by atoms with E-state index < -0.39 is 10.0 Å². The molecule has 0 bridgehead atoms. The lowest BCUT2D eigenvalue weighted by atomic mass is 10.1. The summed E-state index contributed by atoms with van der Waals surface area (Å²) in [6, 6.07) is 17.8. The third kappa shape index (κ3) is 6.04. The van der Waals surface area contributed by atoms with Crippen LogP contribution in [0.15, 0.2) is 59.6 Å². The zero-order valence-corrected chi connectivity index (χ0v) is 18.4. The Hall–Kier alpha value is -2.42. The molecule has 2 aromatic rings. The maximum atomic E-state index is 12.8. The molecule has 0 spiro atoms. The summed E-state index contributed by atoms with van der Waals surface area (Å²) in [6.45, 7) is 2.96. The Morgan fingerprint density at radius 2 is 1.70 bits per heavy atom. The van der Waals surface area contributed by atoms with E-state index in [9.17, 15) is 8.42 Å². The number of rotatable bonds is 7. The molecular formula is C22H30N4O3S. The maximum Gasteiger partial charge on any atom is 0.218 e. The number of aliphatic imine (C=N–C) groups is 1. The van der Waals surface area contributed by atoms with Crippen LogP contribution in [-0.4, -0.2) is 64.0 Å². The lowest BCUT2D eigenvalue weighted by Crippen LogP contribution is -2.41. The lowest BCUT2D eigenvalue weighted by molar-refractivity contribution is 0.0729. The number of ether oxygens (including phenoxy) is 1. The van der Waals surface area contributed by atoms with Crippen molar-refractivity contribution in [3.63, 3.8) is 0 Å². The summed E-state index contributed by atoms with van der Waals surface area (Å²) < 4.78 is 32.5. The fourth-order valence-corrected chi connectivity index (χ4v) is 5.04. The highest BCUT2D eigenvalue weighted by Gasteiger charge is 2.25. The van der Waals surface area contributed by atoms with Crippen molar-refractivity contribution in [2.24, 2.45) is 4.99 Å². The summed E-state index contributed by atoms with van der Waals surface area (Å²) in [6.07, 6.45) is 0. The molecule has 0 aliphatic carbocycles. The normalized spacial score (nSPS) is 15.7. The molecule has 0 radical (unpaired) electrons. The number of hydrogen-bond acceptors (Lipinski definition) is 4. The third-order valence-electron chi connectivity index (χ3n) is 5.09. The molecule has 0 aromatic heterocycles. The summed E-state index contributed by atoms with van der Waals surface area (Å²) in [7, 11) is 0.357. The average molecular weight is 431 g/mol. The van der Waals surface area contributed by atoms with E-state index in [1.807, 2.05) is 54.4 Å². The van der Waals surface area contributed by atoms with Crippen LogP contribution < -0.4 is 5.32 Å². The molecule has 0 unspecified atom stereocenters. The van der Waals surface area contributed by atoms with Gasteiger partial charge in [0.2, 0.25) is 10.0 Å². The van der Waals surface area contributed by atoms with Crippen LogP contribution in [0.5, 0.6) is 0 Å². The highest BCUT2D eigenvalue weighted by atomic mass is 32.2. The Morgan fingerprint density at radius 1 is 1.07 bits per heavy atom. The van der Waals surface area contributed by atoms with Gasteiger partial charge in [-0.25, -0.2) is 8.42 Å². The summed E-state index contributed by atoms with van der Waals surface area (Å²) in [5.74, 6) is 0.744. The van der Waals surface area contributed by atoms with Gasteiger partial charge in [-0.05, 0) is 16.7 Å². The van der Waals surface area contributed by atoms with E-state index in [1.165, 1.54) is 9.87 Å². The second kappa shape index (κ2) is 10.6. The van der Waals surface area contributed by atoms with E-state index in [0.717, 1.165) is 23.6 Å². The number of nitrogens with one attached hydrogen (secondary N) is 1. The Balaban J connectivity index is 1.65. The molecular weight excluding hydrogens is 400 g/mol. The minimum Gasteiger partial charge on any atom is -0.379 e. The van der Waals surface area contributed by atoms with E-state index >= 15 is 0 Å². The Labute approximate surface area is 179 Å². The number of guanidine groups is 1. The van der Waals surface area contributed by atoms with Gasteiger partial charge in [-0.2, -0.15) is 4.31 Å². The van der Waals surface area contributed by atoms with E-state index in [0.29, 0.717) is 32.8 Å². The van der Waals surface area contributed by atoms with Gasteiger partial charge >= 0.3 is 0 Å². The molecule has 2 aromatic carbocycles. The van der Waals surface area contributed by atoms with Gasteiger partial charge < -0.3 is 15.0 Å². The van der Waals surface area contributed by atoms with Crippen molar-refractivity contribution in [3.05, 3.63) is 71.3 Å². The SMILES string of the molecule is CN=C(NCc1ccccc1CS(=O)(=O)N1CCOCC1)N(C)Cc1ccccc1. The lowest BCUT2D eigenvalue weighted by Gasteiger charge is -2.26. The molecule has 30 heavy (non-hydrogen) atoms. The average Bonchev–Trinajstić information content (AvgIpc) is 2.76. The number of hydrogen-bond donors (Lipinski definition) is 1. The predicted molar refractivity (Wildman–Crippen MR) is 120 cm³/mol. The maximum absolute atomic E-state index is 12.8. The summed E-state index contributed by atoms with van der Waals surface area (Å²) >= 11 is 0. The van der Waals surface area contributed by atoms with Crippen LogP contribution in [0.25, 0.3) is 0 Å². The number of benzene rings is 2. The second-order valence-electron chi connectivity index (χ2n) is 7.28. The molecule has 1 N–H and O–H groups in total. The van der Waals surface area contributed by atoms with Crippen molar-refractivity contribution >= 4 is 16.0 Å². The molecule has 1 saturated heterocycles. The minimum atomic E-state index is -3.38. The summed E-state index contributed by atoms with van der Waals surface area (Å²) in [5, 5.41) is 3.36. The first kappa shape index (κ1) is 22.3. The highest BCUT2D eigenvalue weighted by Crippen LogP contribution is 2.17. The fourth-order valence-electron chi connectivity index (χ4n) is 3.47. The van der Waals surface area contributed by atoms with Crippen LogP contribution in [0.2, 0.25) is 0 Å². The quantitative estimate of drug-likeness (QED) is 0.538. The smallest absolute Gasteiger partial charge is 0.218 e. The summed E-state index contributed by atoms with van der Waals surface area (Å²) in [4.78, 5) is 6.41. The van der Waals surface area contributed by atoms with Crippen LogP contribution in [0.4, 0.5) is 0 Å². The van der Waals surface area contributed by atoms with E-state index in [4.69, 9.17) is 4.74 Å². The van der Waals surface area contributed by atoms with E-state index in [-0.39, 0.29) is 5.75 Å². The first-order chi connectivity index (χ1) is 14.5. The van der Waals surface area contributed by atoms with Gasteiger partial charge in [0.25, 0.3) is 0 Å². The first-order valence-corrected chi connectivity index (χ1v) is 11.7. The predicted octanol–water partition coefficient (Wildman–Crippen LogP) is 2.06. The highest BCUT2D eigenvalue weighted by molar-refractivity contribution is 7.88. The van der Waals surface area contributed by atoms with Gasteiger partial charge in [0.15, 0.2) is 5.96 Å². The van der Waals surface area contributed by atoms with Crippen LogP contribution in [0, 0.1) is 0 Å². The van der Waals surface area contributed by atoms with Gasteiger partial charge in [-0.15, -0.1) is 0 Å². The zero-order chi connectivity index (χ0) is 21.4. The molecule has 1 heterocycles.